The van der Waals surface area contributed by atoms with Gasteiger partial charge in [-0.25, -0.2) is 0 Å². The summed E-state index contributed by atoms with van der Waals surface area (Å²) in [6.45, 7) is 2.88. The molecule has 0 saturated heterocycles. The number of hydrogen-bond acceptors (Lipinski definition) is 3. The number of amides is 1. The Morgan fingerprint density at radius 3 is 2.94 bits per heavy atom. The zero-order chi connectivity index (χ0) is 13.0. The van der Waals surface area contributed by atoms with Crippen LogP contribution in [0.1, 0.15) is 46.3 Å². The molecule has 1 heterocycles. The van der Waals surface area contributed by atoms with Gasteiger partial charge in [-0.05, 0) is 43.7 Å². The van der Waals surface area contributed by atoms with E-state index in [2.05, 4.69) is 6.07 Å². The molecular formula is C14H18N2OS. The molecule has 0 unspecified atom stereocenters. The molecule has 1 aliphatic carbocycles. The maximum Gasteiger partial charge on any atom is 0.264 e. The Hall–Kier alpha value is -1.34. The molecule has 0 radical (unpaired) electrons. The molecule has 0 fully saturated rings. The van der Waals surface area contributed by atoms with E-state index in [0.717, 1.165) is 24.1 Å². The summed E-state index contributed by atoms with van der Waals surface area (Å²) in [6.07, 6.45) is 5.56. The van der Waals surface area contributed by atoms with Crippen LogP contribution in [0.15, 0.2) is 6.07 Å². The number of hydrogen-bond donors (Lipinski definition) is 0. The monoisotopic (exact) mass is 262 g/mol. The van der Waals surface area contributed by atoms with E-state index in [9.17, 15) is 4.79 Å². The van der Waals surface area contributed by atoms with Crippen molar-refractivity contribution in [3.63, 3.8) is 0 Å². The minimum atomic E-state index is 0.0257. The summed E-state index contributed by atoms with van der Waals surface area (Å²) >= 11 is 1.62. The predicted molar refractivity (Wildman–Crippen MR) is 72.8 cm³/mol. The van der Waals surface area contributed by atoms with E-state index in [1.54, 1.807) is 16.2 Å². The molecule has 0 aromatic carbocycles. The van der Waals surface area contributed by atoms with Crippen LogP contribution in [0.5, 0.6) is 0 Å². The Kier molecular flexibility index (Phi) is 4.38. The molecule has 0 N–H and O–H groups in total. The first-order valence-electron chi connectivity index (χ1n) is 6.54. The van der Waals surface area contributed by atoms with Gasteiger partial charge in [0.1, 0.15) is 6.54 Å². The van der Waals surface area contributed by atoms with E-state index in [1.807, 2.05) is 13.0 Å². The van der Waals surface area contributed by atoms with Crippen molar-refractivity contribution in [2.45, 2.75) is 39.0 Å². The second-order valence-corrected chi connectivity index (χ2v) is 5.79. The number of nitriles is 1. The topological polar surface area (TPSA) is 44.1 Å². The van der Waals surface area contributed by atoms with Crippen LogP contribution in [0.25, 0.3) is 0 Å². The summed E-state index contributed by atoms with van der Waals surface area (Å²) in [5.41, 5.74) is 1.35. The molecule has 0 atom stereocenters. The number of fused-ring (bicyclic) bond motifs is 1. The van der Waals surface area contributed by atoms with Crippen LogP contribution in [0.2, 0.25) is 0 Å². The van der Waals surface area contributed by atoms with Crippen molar-refractivity contribution in [2.75, 3.05) is 13.1 Å². The molecule has 3 nitrogen and oxygen atoms in total. The van der Waals surface area contributed by atoms with E-state index >= 15 is 0 Å². The standard InChI is InChI=1S/C14H18N2OS/c1-2-8-16(9-7-15)14(17)13-10-11-5-3-4-6-12(11)18-13/h10H,2-6,8-9H2,1H3. The minimum Gasteiger partial charge on any atom is -0.325 e. The Labute approximate surface area is 112 Å². The lowest BCUT2D eigenvalue weighted by atomic mass is 9.99. The van der Waals surface area contributed by atoms with Gasteiger partial charge < -0.3 is 4.90 Å². The summed E-state index contributed by atoms with van der Waals surface area (Å²) in [4.78, 5) is 16.2. The van der Waals surface area contributed by atoms with Crippen LogP contribution >= 0.6 is 11.3 Å². The van der Waals surface area contributed by atoms with Gasteiger partial charge in [-0.3, -0.25) is 4.79 Å². The van der Waals surface area contributed by atoms with Crippen molar-refractivity contribution in [1.29, 1.82) is 5.26 Å². The normalized spacial score (nSPS) is 13.8. The molecule has 0 spiro atoms. The van der Waals surface area contributed by atoms with Crippen LogP contribution in [0, 0.1) is 11.3 Å². The average Bonchev–Trinajstić information content (AvgIpc) is 2.81. The van der Waals surface area contributed by atoms with E-state index in [1.165, 1.54) is 23.3 Å². The van der Waals surface area contributed by atoms with Gasteiger partial charge in [-0.1, -0.05) is 6.92 Å². The Morgan fingerprint density at radius 1 is 1.50 bits per heavy atom. The molecule has 4 heteroatoms. The number of carbonyl (C=O) groups excluding carboxylic acids is 1. The summed E-state index contributed by atoms with van der Waals surface area (Å²) in [5.74, 6) is 0.0257. The Balaban J connectivity index is 2.16. The lowest BCUT2D eigenvalue weighted by molar-refractivity contribution is 0.0781. The number of thiophene rings is 1. The number of carbonyl (C=O) groups is 1. The Bertz CT molecular complexity index is 449. The molecule has 2 rings (SSSR count). The van der Waals surface area contributed by atoms with Crippen LogP contribution in [0.3, 0.4) is 0 Å². The van der Waals surface area contributed by atoms with E-state index in [0.29, 0.717) is 6.54 Å². The lowest BCUT2D eigenvalue weighted by Gasteiger charge is -2.17. The zero-order valence-corrected chi connectivity index (χ0v) is 11.6. The molecule has 1 aromatic rings. The first-order valence-corrected chi connectivity index (χ1v) is 7.35. The van der Waals surface area contributed by atoms with Crippen molar-refractivity contribution < 1.29 is 4.79 Å². The highest BCUT2D eigenvalue weighted by atomic mass is 32.1. The molecule has 1 aliphatic rings. The van der Waals surface area contributed by atoms with Crippen LogP contribution in [0.4, 0.5) is 0 Å². The quantitative estimate of drug-likeness (QED) is 0.783. The smallest absolute Gasteiger partial charge is 0.264 e. The van der Waals surface area contributed by atoms with Crippen molar-refractivity contribution in [3.8, 4) is 6.07 Å². The molecule has 0 aliphatic heterocycles. The van der Waals surface area contributed by atoms with Crippen LogP contribution in [-0.4, -0.2) is 23.9 Å². The first-order chi connectivity index (χ1) is 8.76. The first kappa shape index (κ1) is 13.1. The third kappa shape index (κ3) is 2.73. The van der Waals surface area contributed by atoms with Crippen LogP contribution < -0.4 is 0 Å². The predicted octanol–water partition coefficient (Wildman–Crippen LogP) is 3.00. The van der Waals surface area contributed by atoms with Gasteiger partial charge >= 0.3 is 0 Å². The summed E-state index contributed by atoms with van der Waals surface area (Å²) in [7, 11) is 0. The number of aryl methyl sites for hydroxylation is 2. The highest BCUT2D eigenvalue weighted by Gasteiger charge is 2.20. The maximum atomic E-state index is 12.3. The number of rotatable bonds is 4. The second-order valence-electron chi connectivity index (χ2n) is 4.65. The highest BCUT2D eigenvalue weighted by Crippen LogP contribution is 2.30. The molecule has 96 valence electrons. The molecule has 1 aromatic heterocycles. The fraction of sp³-hybridized carbons (Fsp3) is 0.571. The lowest BCUT2D eigenvalue weighted by Crippen LogP contribution is -2.31. The average molecular weight is 262 g/mol. The zero-order valence-electron chi connectivity index (χ0n) is 10.7. The fourth-order valence-electron chi connectivity index (χ4n) is 2.36. The van der Waals surface area contributed by atoms with Gasteiger partial charge in [-0.2, -0.15) is 5.26 Å². The SMILES string of the molecule is CCCN(CC#N)C(=O)c1cc2c(s1)CCCC2. The van der Waals surface area contributed by atoms with Gasteiger partial charge in [0.05, 0.1) is 10.9 Å². The molecule has 0 saturated carbocycles. The third-order valence-electron chi connectivity index (χ3n) is 3.25. The highest BCUT2D eigenvalue weighted by molar-refractivity contribution is 7.14. The van der Waals surface area contributed by atoms with Crippen LogP contribution in [-0.2, 0) is 12.8 Å². The van der Waals surface area contributed by atoms with Gasteiger partial charge in [0, 0.05) is 11.4 Å². The van der Waals surface area contributed by atoms with Crippen molar-refractivity contribution in [2.24, 2.45) is 0 Å². The van der Waals surface area contributed by atoms with E-state index in [4.69, 9.17) is 5.26 Å². The molecule has 0 bridgehead atoms. The Morgan fingerprint density at radius 2 is 2.28 bits per heavy atom. The minimum absolute atomic E-state index is 0.0257. The molecule has 18 heavy (non-hydrogen) atoms. The van der Waals surface area contributed by atoms with Gasteiger partial charge in [0.15, 0.2) is 0 Å². The largest absolute Gasteiger partial charge is 0.325 e. The van der Waals surface area contributed by atoms with Gasteiger partial charge in [-0.15, -0.1) is 11.3 Å². The summed E-state index contributed by atoms with van der Waals surface area (Å²) in [6, 6.07) is 4.12. The molecule has 1 amide bonds. The fourth-order valence-corrected chi connectivity index (χ4v) is 3.58. The second kappa shape index (κ2) is 6.01. The van der Waals surface area contributed by atoms with E-state index < -0.39 is 0 Å². The van der Waals surface area contributed by atoms with Crippen molar-refractivity contribution in [3.05, 3.63) is 21.4 Å². The summed E-state index contributed by atoms with van der Waals surface area (Å²) in [5, 5.41) is 8.78. The van der Waals surface area contributed by atoms with Gasteiger partial charge in [0.2, 0.25) is 0 Å². The number of nitrogens with zero attached hydrogens (tertiary/aromatic N) is 2. The van der Waals surface area contributed by atoms with Gasteiger partial charge in [0.25, 0.3) is 5.91 Å². The van der Waals surface area contributed by atoms with Crippen molar-refractivity contribution in [1.82, 2.24) is 4.90 Å². The van der Waals surface area contributed by atoms with E-state index in [-0.39, 0.29) is 12.5 Å². The summed E-state index contributed by atoms with van der Waals surface area (Å²) < 4.78 is 0. The third-order valence-corrected chi connectivity index (χ3v) is 4.47. The maximum absolute atomic E-state index is 12.3. The molecular weight excluding hydrogens is 244 g/mol. The van der Waals surface area contributed by atoms with Crippen molar-refractivity contribution >= 4 is 17.2 Å².